The van der Waals surface area contributed by atoms with E-state index in [0.717, 1.165) is 85.0 Å². The highest BCUT2D eigenvalue weighted by Crippen LogP contribution is 2.42. The van der Waals surface area contributed by atoms with E-state index < -0.39 is 321 Å². The normalized spacial score (nSPS) is 37.7. The molecule has 0 spiro atoms. The molecule has 0 aromatic carbocycles. The van der Waals surface area contributed by atoms with E-state index in [1.165, 1.54) is 89.5 Å². The van der Waals surface area contributed by atoms with Crippen LogP contribution in [0.2, 0.25) is 0 Å². The number of aliphatic carboxylic acids is 1. The topological polar surface area (TPSA) is 708 Å². The average Bonchev–Trinajstić information content (AvgIpc) is 0.744. The van der Waals surface area contributed by atoms with Crippen molar-refractivity contribution < 1.29 is 203 Å². The highest BCUT2D eigenvalue weighted by Gasteiger charge is 2.63. The Morgan fingerprint density at radius 1 is 0.408 bits per heavy atom. The van der Waals surface area contributed by atoms with Crippen LogP contribution in [-0.2, 0) is 90.3 Å². The number of allylic oxidation sites excluding steroid dienone is 1. The number of aliphatic hydroxyl groups excluding tert-OH is 21. The number of carbonyl (C=O) groups is 5. The van der Waals surface area contributed by atoms with Gasteiger partial charge < -0.3 is 200 Å². The molecule has 14 unspecified atom stereocenters. The van der Waals surface area contributed by atoms with Crippen molar-refractivity contribution in [3.63, 3.8) is 0 Å². The highest BCUT2D eigenvalue weighted by atomic mass is 16.8. The van der Waals surface area contributed by atoms with E-state index in [2.05, 4.69) is 35.1 Å². The summed E-state index contributed by atoms with van der Waals surface area (Å²) in [5.74, 6) is -8.76. The Balaban J connectivity index is 1.12. The number of rotatable bonds is 57. The summed E-state index contributed by atoms with van der Waals surface area (Å²) in [5, 5.41) is 258. The highest BCUT2D eigenvalue weighted by molar-refractivity contribution is 5.77. The molecule has 0 saturated carbocycles. The fourth-order valence-corrected chi connectivity index (χ4v) is 17.2. The molecule has 7 heterocycles. The van der Waals surface area contributed by atoms with E-state index in [-0.39, 0.29) is 6.42 Å². The monoisotopic (exact) mass is 1880 g/mol. The molecule has 0 aliphatic carbocycles. The standard InChI is InChI=1S/C85H150N4O41/c1-6-8-10-12-14-16-18-20-22-24-26-28-30-32-47(99)46(89-56(102)33-31-29-27-25-23-21-19-17-15-13-11-9-7-2)41-117-80-69(112)67(110)73(53(39-94)122-80)126-82-70(113)76(128-81-68(111)66(109)62(105)51(37-92)120-81)63(106)55(124-82)42-118-78-59(88-45(5)98)65(108)72(52(38-93)121-78)125-83-71(114)77(74(54(40-95)123-83)127-79-58(87-44(4)97)64(107)61(104)50(36-91)119-79)130-85(84(115)116)34-48(100)57(86-43(3)96)75(129-85)60(103)49(101)35-90/h30,32,46-55,57-83,90-95,99-101,103-114H,6-29,31,33-42H2,1-5H3,(H,86,96)(H,87,97)(H,88,98)(H,89,102)(H,115,116)/b32-30+/t46-,47+,48?,49+,50?,51?,52?,53?,54?,55?,57+,58?,59?,60+,61-,62-,63-,64+,65+,66-,67+,68?,69?,70?,71?,72+,73+,74-,75?,76-,77+,78+,79-,80+,81+,82-,83-,85-/m0/s1. The minimum atomic E-state index is -3.42. The lowest BCUT2D eigenvalue weighted by Gasteiger charge is -2.52. The zero-order valence-electron chi connectivity index (χ0n) is 74.9. The van der Waals surface area contributed by atoms with Gasteiger partial charge in [0.15, 0.2) is 37.7 Å². The van der Waals surface area contributed by atoms with E-state index in [1.54, 1.807) is 6.08 Å². The first-order valence-corrected chi connectivity index (χ1v) is 46.1. The maximum Gasteiger partial charge on any atom is 0.364 e. The molecule has 26 N–H and O–H groups in total. The fourth-order valence-electron chi connectivity index (χ4n) is 17.2. The Bertz CT molecular complexity index is 3260. The van der Waals surface area contributed by atoms with E-state index in [4.69, 9.17) is 66.3 Å². The second-order valence-electron chi connectivity index (χ2n) is 35.0. The molecule has 7 aliphatic rings. The van der Waals surface area contributed by atoms with Gasteiger partial charge >= 0.3 is 5.97 Å². The van der Waals surface area contributed by atoms with Crippen molar-refractivity contribution in [2.24, 2.45) is 0 Å². The molecule has 7 aliphatic heterocycles. The van der Waals surface area contributed by atoms with Crippen molar-refractivity contribution in [1.29, 1.82) is 0 Å². The predicted octanol–water partition coefficient (Wildman–Crippen LogP) is -6.03. The van der Waals surface area contributed by atoms with Crippen LogP contribution in [0.1, 0.15) is 208 Å². The average molecular weight is 1880 g/mol. The number of carboxylic acid groups (broad SMARTS) is 1. The Hall–Kier alpha value is -4.31. The Kier molecular flexibility index (Phi) is 49.5. The third kappa shape index (κ3) is 32.1. The predicted molar refractivity (Wildman–Crippen MR) is 446 cm³/mol. The largest absolute Gasteiger partial charge is 0.477 e. The molecule has 7 saturated heterocycles. The summed E-state index contributed by atoms with van der Waals surface area (Å²) in [6, 6.07) is -6.74. The fraction of sp³-hybridized carbons (Fsp3) is 0.918. The summed E-state index contributed by atoms with van der Waals surface area (Å²) in [6.45, 7) is -1.18. The van der Waals surface area contributed by atoms with Crippen molar-refractivity contribution in [1.82, 2.24) is 21.3 Å². The van der Waals surface area contributed by atoms with Gasteiger partial charge in [-0.25, -0.2) is 4.79 Å². The number of hydrogen-bond acceptors (Lipinski definition) is 40. The first-order valence-electron chi connectivity index (χ1n) is 46.1. The van der Waals surface area contributed by atoms with Gasteiger partial charge in [-0.15, -0.1) is 0 Å². The van der Waals surface area contributed by atoms with Gasteiger partial charge in [0.25, 0.3) is 5.79 Å². The first kappa shape index (κ1) is 113. The van der Waals surface area contributed by atoms with Crippen LogP contribution in [0.25, 0.3) is 0 Å². The van der Waals surface area contributed by atoms with E-state index >= 15 is 0 Å². The molecule has 0 aromatic heterocycles. The van der Waals surface area contributed by atoms with Crippen LogP contribution in [0.3, 0.4) is 0 Å². The van der Waals surface area contributed by atoms with Gasteiger partial charge in [-0.2, -0.15) is 0 Å². The number of ether oxygens (including phenoxy) is 14. The number of carboxylic acids is 1. The van der Waals surface area contributed by atoms with E-state index in [0.29, 0.717) is 12.8 Å². The number of aliphatic hydroxyl groups is 21. The van der Waals surface area contributed by atoms with Crippen molar-refractivity contribution >= 4 is 29.6 Å². The van der Waals surface area contributed by atoms with Gasteiger partial charge in [-0.3, -0.25) is 19.2 Å². The van der Waals surface area contributed by atoms with Crippen LogP contribution in [0.4, 0.5) is 0 Å². The third-order valence-corrected chi connectivity index (χ3v) is 24.7. The number of nitrogens with one attached hydrogen (secondary N) is 4. The molecule has 756 valence electrons. The summed E-state index contributed by atoms with van der Waals surface area (Å²) in [4.78, 5) is 65.8. The lowest BCUT2D eigenvalue weighted by molar-refractivity contribution is -0.399. The molecule has 4 amide bonds. The lowest BCUT2D eigenvalue weighted by atomic mass is 9.88. The molecule has 0 bridgehead atoms. The van der Waals surface area contributed by atoms with E-state index in [1.807, 2.05) is 0 Å². The zero-order valence-corrected chi connectivity index (χ0v) is 74.9. The van der Waals surface area contributed by atoms with Crippen LogP contribution in [0.5, 0.6) is 0 Å². The summed E-state index contributed by atoms with van der Waals surface area (Å²) in [6.07, 6.45) is -39.9. The molecule has 0 aromatic rings. The molecular weight excluding hydrogens is 1730 g/mol. The minimum absolute atomic E-state index is 0.120. The van der Waals surface area contributed by atoms with Crippen LogP contribution in [0.15, 0.2) is 12.2 Å². The molecule has 0 radical (unpaired) electrons. The van der Waals surface area contributed by atoms with Crippen molar-refractivity contribution in [2.75, 3.05) is 52.9 Å². The van der Waals surface area contributed by atoms with Crippen molar-refractivity contribution in [3.8, 4) is 0 Å². The molecule has 45 nitrogen and oxygen atoms in total. The van der Waals surface area contributed by atoms with Gasteiger partial charge in [-0.1, -0.05) is 167 Å². The summed E-state index contributed by atoms with van der Waals surface area (Å²) in [5.41, 5.74) is 0. The van der Waals surface area contributed by atoms with Gasteiger partial charge in [0.1, 0.15) is 165 Å². The summed E-state index contributed by atoms with van der Waals surface area (Å²) >= 11 is 0. The van der Waals surface area contributed by atoms with Gasteiger partial charge in [-0.05, 0) is 19.3 Å². The molecular formula is C85H150N4O41. The Morgan fingerprint density at radius 3 is 1.32 bits per heavy atom. The second kappa shape index (κ2) is 57.2. The van der Waals surface area contributed by atoms with Crippen LogP contribution >= 0.6 is 0 Å². The van der Waals surface area contributed by atoms with Crippen LogP contribution in [0, 0.1) is 0 Å². The summed E-state index contributed by atoms with van der Waals surface area (Å²) in [7, 11) is 0. The van der Waals surface area contributed by atoms with Gasteiger partial charge in [0.2, 0.25) is 23.6 Å². The van der Waals surface area contributed by atoms with Gasteiger partial charge in [0, 0.05) is 33.6 Å². The van der Waals surface area contributed by atoms with E-state index in [9.17, 15) is 136 Å². The first-order chi connectivity index (χ1) is 62.1. The molecule has 45 heteroatoms. The zero-order chi connectivity index (χ0) is 95.6. The smallest absolute Gasteiger partial charge is 0.364 e. The number of hydrogen-bond donors (Lipinski definition) is 26. The number of amides is 4. The summed E-state index contributed by atoms with van der Waals surface area (Å²) < 4.78 is 84.2. The third-order valence-electron chi connectivity index (χ3n) is 24.7. The Labute approximate surface area is 756 Å². The molecule has 7 fully saturated rings. The van der Waals surface area contributed by atoms with Crippen molar-refractivity contribution in [2.45, 2.75) is 440 Å². The van der Waals surface area contributed by atoms with Gasteiger partial charge in [0.05, 0.1) is 77.1 Å². The Morgan fingerprint density at radius 2 is 0.815 bits per heavy atom. The molecule has 38 atom stereocenters. The number of unbranched alkanes of at least 4 members (excludes halogenated alkanes) is 23. The van der Waals surface area contributed by atoms with Crippen molar-refractivity contribution in [3.05, 3.63) is 12.2 Å². The van der Waals surface area contributed by atoms with Crippen LogP contribution < -0.4 is 21.3 Å². The number of carbonyl (C=O) groups excluding carboxylic acids is 4. The maximum absolute atomic E-state index is 13.8. The maximum atomic E-state index is 13.8. The second-order valence-corrected chi connectivity index (χ2v) is 35.0. The quantitative estimate of drug-likeness (QED) is 0.0199. The molecule has 7 rings (SSSR count). The minimum Gasteiger partial charge on any atom is -0.477 e. The van der Waals surface area contributed by atoms with Crippen LogP contribution in [-0.4, -0.2) is 427 Å². The molecule has 130 heavy (non-hydrogen) atoms. The lowest BCUT2D eigenvalue weighted by Crippen LogP contribution is -2.72. The SMILES string of the molecule is CCCCCCCCCCCCC/C=C/[C@@H](O)[C@H](CO[C@@H]1OC(CO)[C@@H](O[C@@H]2OC(CO[C@@H]3OC(CO)[C@@H](O[C@@H]4OC(CO)[C@H](O[C@@H]5OC(CO)[C@H](O)[C@H](O)C5NC(C)=O)[C@H](O[C@]5(C(=O)O)CC(O)[C@@H](NC(C)=O)C([C@H](O)[C@H](O)CO)O5)C4O)[C@H](O)C3NC(C)=O)[C@H](O)[C@H](O[C@H]3OC(CO)[C@H](O)[C@H](O)C3O)C2O)[C@H](O)C1O)NC(=O)CCCCCCCCCCCCCCC.